The average Bonchev–Trinajstić information content (AvgIpc) is 2.33. The summed E-state index contributed by atoms with van der Waals surface area (Å²) in [6.07, 6.45) is 0. The average molecular weight is 262 g/mol. The van der Waals surface area contributed by atoms with Crippen LogP contribution in [0.25, 0.3) is 0 Å². The van der Waals surface area contributed by atoms with Crippen LogP contribution in [-0.4, -0.2) is 73.5 Å². The number of likely N-dealkylation sites (N-methyl/N-ethyl adjacent to an activating group) is 1. The van der Waals surface area contributed by atoms with E-state index < -0.39 is 11.9 Å². The van der Waals surface area contributed by atoms with Crippen LogP contribution in [0.2, 0.25) is 0 Å². The number of nitrogens with one attached hydrogen (secondary N) is 1. The number of rotatable bonds is 10. The molecule has 0 aromatic heterocycles. The minimum absolute atomic E-state index is 0.0546. The zero-order valence-corrected chi connectivity index (χ0v) is 10.9. The van der Waals surface area contributed by atoms with Gasteiger partial charge in [0, 0.05) is 20.1 Å². The van der Waals surface area contributed by atoms with Gasteiger partial charge in [-0.15, -0.1) is 0 Å². The van der Waals surface area contributed by atoms with E-state index in [2.05, 4.69) is 5.32 Å². The molecule has 0 saturated carbocycles. The first-order valence-electron chi connectivity index (χ1n) is 5.85. The Hall–Kier alpha value is -1.18. The summed E-state index contributed by atoms with van der Waals surface area (Å²) < 4.78 is 5.10. The molecule has 0 radical (unpaired) electrons. The van der Waals surface area contributed by atoms with Gasteiger partial charge in [0.15, 0.2) is 0 Å². The molecule has 0 heterocycles. The molecule has 0 aliphatic heterocycles. The van der Waals surface area contributed by atoms with Crippen LogP contribution in [-0.2, 0) is 14.3 Å². The van der Waals surface area contributed by atoms with Gasteiger partial charge in [-0.1, -0.05) is 6.92 Å². The Bertz CT molecular complexity index is 260. The molecule has 0 fully saturated rings. The number of hydrogen-bond donors (Lipinski definition) is 3. The molecule has 0 aromatic rings. The highest BCUT2D eigenvalue weighted by Gasteiger charge is 2.17. The molecule has 3 N–H and O–H groups in total. The quantitative estimate of drug-likeness (QED) is 0.426. The van der Waals surface area contributed by atoms with Crippen molar-refractivity contribution < 1.29 is 24.5 Å². The lowest BCUT2D eigenvalue weighted by molar-refractivity contribution is -0.142. The third-order valence-corrected chi connectivity index (χ3v) is 2.39. The normalized spacial score (nSPS) is 12.4. The van der Waals surface area contributed by atoms with Crippen molar-refractivity contribution in [3.8, 4) is 0 Å². The van der Waals surface area contributed by atoms with Crippen LogP contribution in [0.4, 0.5) is 0 Å². The van der Waals surface area contributed by atoms with Crippen molar-refractivity contribution in [2.45, 2.75) is 6.92 Å². The molecule has 0 aliphatic rings. The predicted molar refractivity (Wildman–Crippen MR) is 65.2 cm³/mol. The van der Waals surface area contributed by atoms with Crippen molar-refractivity contribution in [1.82, 2.24) is 10.2 Å². The second kappa shape index (κ2) is 9.81. The van der Waals surface area contributed by atoms with E-state index in [1.165, 1.54) is 7.05 Å². The van der Waals surface area contributed by atoms with E-state index in [0.29, 0.717) is 13.2 Å². The molecule has 1 amide bonds. The molecule has 1 unspecified atom stereocenters. The van der Waals surface area contributed by atoms with Crippen molar-refractivity contribution in [2.75, 3.05) is 46.5 Å². The van der Waals surface area contributed by atoms with E-state index in [4.69, 9.17) is 14.9 Å². The zero-order chi connectivity index (χ0) is 14.0. The van der Waals surface area contributed by atoms with Gasteiger partial charge < -0.3 is 20.3 Å². The van der Waals surface area contributed by atoms with Gasteiger partial charge in [-0.25, -0.2) is 0 Å². The largest absolute Gasteiger partial charge is 0.481 e. The number of carboxylic acid groups (broad SMARTS) is 1. The number of carbonyl (C=O) groups is 2. The molecular formula is C11H22N2O5. The third kappa shape index (κ3) is 7.99. The molecule has 0 aromatic carbocycles. The number of aliphatic carboxylic acids is 1. The van der Waals surface area contributed by atoms with Gasteiger partial charge in [0.2, 0.25) is 5.91 Å². The Kier molecular flexibility index (Phi) is 9.17. The molecule has 0 aliphatic carbocycles. The van der Waals surface area contributed by atoms with Gasteiger partial charge in [-0.05, 0) is 0 Å². The van der Waals surface area contributed by atoms with E-state index in [1.54, 1.807) is 11.8 Å². The number of ether oxygens (including phenoxy) is 1. The number of amides is 1. The second-order valence-electron chi connectivity index (χ2n) is 3.98. The van der Waals surface area contributed by atoms with E-state index in [-0.39, 0.29) is 32.2 Å². The number of carboxylic acids is 1. The van der Waals surface area contributed by atoms with Crippen molar-refractivity contribution in [3.63, 3.8) is 0 Å². The van der Waals surface area contributed by atoms with Gasteiger partial charge in [0.1, 0.15) is 0 Å². The summed E-state index contributed by atoms with van der Waals surface area (Å²) in [7, 11) is 1.53. The van der Waals surface area contributed by atoms with Crippen LogP contribution in [0.3, 0.4) is 0 Å². The maximum atomic E-state index is 11.3. The van der Waals surface area contributed by atoms with Crippen LogP contribution in [0, 0.1) is 5.92 Å². The van der Waals surface area contributed by atoms with Gasteiger partial charge in [-0.2, -0.15) is 0 Å². The van der Waals surface area contributed by atoms with Crippen LogP contribution < -0.4 is 5.32 Å². The summed E-state index contributed by atoms with van der Waals surface area (Å²) in [5, 5.41) is 19.9. The number of hydrogen-bond acceptors (Lipinski definition) is 5. The lowest BCUT2D eigenvalue weighted by atomic mass is 10.1. The summed E-state index contributed by atoms with van der Waals surface area (Å²) >= 11 is 0. The second-order valence-corrected chi connectivity index (χ2v) is 3.98. The molecule has 0 saturated heterocycles. The van der Waals surface area contributed by atoms with Crippen molar-refractivity contribution in [3.05, 3.63) is 0 Å². The smallest absolute Gasteiger partial charge is 0.307 e. The highest BCUT2D eigenvalue weighted by molar-refractivity contribution is 5.77. The number of aliphatic hydroxyl groups excluding tert-OH is 1. The molecule has 7 nitrogen and oxygen atoms in total. The summed E-state index contributed by atoms with van der Waals surface area (Å²) in [6.45, 7) is 2.99. The fourth-order valence-electron chi connectivity index (χ4n) is 1.34. The summed E-state index contributed by atoms with van der Waals surface area (Å²) in [6, 6.07) is 0. The summed E-state index contributed by atoms with van der Waals surface area (Å²) in [4.78, 5) is 23.8. The highest BCUT2D eigenvalue weighted by Crippen LogP contribution is 2.00. The van der Waals surface area contributed by atoms with Gasteiger partial charge in [0.25, 0.3) is 0 Å². The molecule has 106 valence electrons. The number of nitrogens with zero attached hydrogens (tertiary/aromatic N) is 1. The van der Waals surface area contributed by atoms with E-state index in [9.17, 15) is 9.59 Å². The van der Waals surface area contributed by atoms with E-state index >= 15 is 0 Å². The molecule has 0 bridgehead atoms. The number of carbonyl (C=O) groups excluding carboxylic acids is 1. The van der Waals surface area contributed by atoms with Crippen LogP contribution in [0.1, 0.15) is 6.92 Å². The van der Waals surface area contributed by atoms with Crippen LogP contribution in [0.15, 0.2) is 0 Å². The molecule has 0 rings (SSSR count). The molecule has 7 heteroatoms. The fourth-order valence-corrected chi connectivity index (χ4v) is 1.34. The summed E-state index contributed by atoms with van der Waals surface area (Å²) in [5.41, 5.74) is 0. The first-order chi connectivity index (χ1) is 8.51. The van der Waals surface area contributed by atoms with Gasteiger partial charge in [-0.3, -0.25) is 14.5 Å². The maximum Gasteiger partial charge on any atom is 0.307 e. The van der Waals surface area contributed by atoms with Gasteiger partial charge in [0.05, 0.1) is 32.3 Å². The van der Waals surface area contributed by atoms with E-state index in [1.807, 2.05) is 0 Å². The fraction of sp³-hybridized carbons (Fsp3) is 0.818. The summed E-state index contributed by atoms with van der Waals surface area (Å²) in [5.74, 6) is -1.62. The first-order valence-corrected chi connectivity index (χ1v) is 5.85. The minimum Gasteiger partial charge on any atom is -0.481 e. The highest BCUT2D eigenvalue weighted by atomic mass is 16.5. The lowest BCUT2D eigenvalue weighted by Gasteiger charge is -2.23. The van der Waals surface area contributed by atoms with E-state index in [0.717, 1.165) is 0 Å². The van der Waals surface area contributed by atoms with Crippen molar-refractivity contribution in [2.24, 2.45) is 5.92 Å². The standard InChI is InChI=1S/C11H22N2O5/c1-9(11(16)17)7-13(8-10(15)12-2)3-5-18-6-4-14/h9,14H,3-8H2,1-2H3,(H,12,15)(H,16,17). The zero-order valence-electron chi connectivity index (χ0n) is 10.9. The Morgan fingerprint density at radius 1 is 1.39 bits per heavy atom. The molecule has 0 spiro atoms. The third-order valence-electron chi connectivity index (χ3n) is 2.39. The van der Waals surface area contributed by atoms with Gasteiger partial charge >= 0.3 is 5.97 Å². The predicted octanol–water partition coefficient (Wildman–Crippen LogP) is -1.24. The Balaban J connectivity index is 4.15. The van der Waals surface area contributed by atoms with Crippen molar-refractivity contribution >= 4 is 11.9 Å². The maximum absolute atomic E-state index is 11.3. The molecule has 1 atom stereocenters. The van der Waals surface area contributed by atoms with Crippen LogP contribution in [0.5, 0.6) is 0 Å². The Labute approximate surface area is 107 Å². The topological polar surface area (TPSA) is 99.1 Å². The Morgan fingerprint density at radius 3 is 2.56 bits per heavy atom. The molecular weight excluding hydrogens is 240 g/mol. The monoisotopic (exact) mass is 262 g/mol. The minimum atomic E-state index is -0.895. The molecule has 18 heavy (non-hydrogen) atoms. The lowest BCUT2D eigenvalue weighted by Crippen LogP contribution is -2.41. The SMILES string of the molecule is CNC(=O)CN(CCOCCO)CC(C)C(=O)O. The first kappa shape index (κ1) is 16.8. The Morgan fingerprint density at radius 2 is 2.06 bits per heavy atom. The van der Waals surface area contributed by atoms with Crippen molar-refractivity contribution in [1.29, 1.82) is 0 Å². The number of aliphatic hydroxyl groups is 1. The van der Waals surface area contributed by atoms with Crippen LogP contribution >= 0.6 is 0 Å².